The van der Waals surface area contributed by atoms with Crippen molar-refractivity contribution in [3.63, 3.8) is 0 Å². The maximum atomic E-state index is 8.90. The molecule has 3 aromatic rings. The van der Waals surface area contributed by atoms with E-state index < -0.39 is 0 Å². The molecular weight excluding hydrogens is 372 g/mol. The zero-order valence-corrected chi connectivity index (χ0v) is 16.1. The fourth-order valence-electron chi connectivity index (χ4n) is 2.50. The highest BCUT2D eigenvalue weighted by molar-refractivity contribution is 7.80. The van der Waals surface area contributed by atoms with Gasteiger partial charge >= 0.3 is 0 Å². The second kappa shape index (κ2) is 8.98. The fraction of sp³-hybridized carbons (Fsp3) is 0.0909. The number of rotatable bonds is 6. The first-order chi connectivity index (χ1) is 13.6. The lowest BCUT2D eigenvalue weighted by atomic mass is 10.0. The van der Waals surface area contributed by atoms with Crippen LogP contribution in [0.5, 0.6) is 17.2 Å². The van der Waals surface area contributed by atoms with Crippen molar-refractivity contribution in [3.05, 3.63) is 72.3 Å². The molecule has 0 saturated carbocycles. The van der Waals surface area contributed by atoms with E-state index >= 15 is 0 Å². The van der Waals surface area contributed by atoms with Crippen molar-refractivity contribution in [1.82, 2.24) is 0 Å². The molecule has 3 aromatic carbocycles. The van der Waals surface area contributed by atoms with Crippen LogP contribution in [0.15, 0.2) is 76.8 Å². The van der Waals surface area contributed by atoms with Gasteiger partial charge in [-0.15, -0.1) is 12.6 Å². The first-order valence-electron chi connectivity index (χ1n) is 8.51. The molecule has 0 saturated heterocycles. The van der Waals surface area contributed by atoms with Crippen LogP contribution in [0, 0.1) is 11.3 Å². The van der Waals surface area contributed by atoms with E-state index in [2.05, 4.69) is 23.9 Å². The van der Waals surface area contributed by atoms with Gasteiger partial charge in [0.05, 0.1) is 22.2 Å². The number of benzene rings is 3. The third kappa shape index (κ3) is 4.64. The van der Waals surface area contributed by atoms with E-state index in [1.54, 1.807) is 25.1 Å². The Bertz CT molecular complexity index is 1020. The van der Waals surface area contributed by atoms with Crippen LogP contribution in [0.1, 0.15) is 12.5 Å². The predicted octanol–water partition coefficient (Wildman–Crippen LogP) is 5.54. The molecular formula is C22H18N2O3S. The molecule has 3 rings (SSSR count). The van der Waals surface area contributed by atoms with Crippen LogP contribution in [-0.2, 0) is 0 Å². The Labute approximate surface area is 168 Å². The van der Waals surface area contributed by atoms with E-state index in [1.807, 2.05) is 48.5 Å². The summed E-state index contributed by atoms with van der Waals surface area (Å²) in [6.07, 6.45) is 0. The molecule has 0 aliphatic carbocycles. The molecule has 5 nitrogen and oxygen atoms in total. The highest BCUT2D eigenvalue weighted by Crippen LogP contribution is 2.37. The number of nitrogens with zero attached hydrogens (tertiary/aromatic N) is 2. The van der Waals surface area contributed by atoms with Crippen LogP contribution in [0.25, 0.3) is 11.1 Å². The normalized spacial score (nSPS) is 11.0. The lowest BCUT2D eigenvalue weighted by Crippen LogP contribution is -2.08. The SMILES string of the molecule is C/C(COc1cccc(S)c1Oc1ccc(-c2ccc(C#N)cc2)cc1)=N\O. The summed E-state index contributed by atoms with van der Waals surface area (Å²) < 4.78 is 11.7. The maximum Gasteiger partial charge on any atom is 0.182 e. The first kappa shape index (κ1) is 19.3. The Morgan fingerprint density at radius 1 is 1.04 bits per heavy atom. The van der Waals surface area contributed by atoms with Gasteiger partial charge in [-0.25, -0.2) is 0 Å². The monoisotopic (exact) mass is 390 g/mol. The van der Waals surface area contributed by atoms with Gasteiger partial charge in [-0.05, 0) is 54.4 Å². The molecule has 1 N–H and O–H groups in total. The molecule has 0 aliphatic heterocycles. The van der Waals surface area contributed by atoms with E-state index in [0.29, 0.717) is 33.4 Å². The minimum atomic E-state index is 0.141. The summed E-state index contributed by atoms with van der Waals surface area (Å²) in [5, 5.41) is 20.8. The molecule has 0 radical (unpaired) electrons. The topological polar surface area (TPSA) is 74.8 Å². The van der Waals surface area contributed by atoms with Gasteiger partial charge in [0.2, 0.25) is 0 Å². The van der Waals surface area contributed by atoms with Crippen LogP contribution < -0.4 is 9.47 Å². The van der Waals surface area contributed by atoms with Gasteiger partial charge in [0.1, 0.15) is 12.4 Å². The number of hydrogen-bond donors (Lipinski definition) is 2. The van der Waals surface area contributed by atoms with E-state index in [0.717, 1.165) is 11.1 Å². The second-order valence-electron chi connectivity index (χ2n) is 6.04. The molecule has 0 amide bonds. The predicted molar refractivity (Wildman–Crippen MR) is 111 cm³/mol. The largest absolute Gasteiger partial charge is 0.484 e. The van der Waals surface area contributed by atoms with E-state index in [1.165, 1.54) is 0 Å². The Kier molecular flexibility index (Phi) is 6.20. The number of ether oxygens (including phenoxy) is 2. The van der Waals surface area contributed by atoms with Gasteiger partial charge in [-0.3, -0.25) is 0 Å². The molecule has 6 heteroatoms. The Balaban J connectivity index is 1.79. The zero-order valence-electron chi connectivity index (χ0n) is 15.2. The summed E-state index contributed by atoms with van der Waals surface area (Å²) >= 11 is 4.45. The summed E-state index contributed by atoms with van der Waals surface area (Å²) in [7, 11) is 0. The summed E-state index contributed by atoms with van der Waals surface area (Å²) in [4.78, 5) is 0.632. The lowest BCUT2D eigenvalue weighted by molar-refractivity contribution is 0.303. The molecule has 0 heterocycles. The molecule has 0 unspecified atom stereocenters. The molecule has 140 valence electrons. The molecule has 28 heavy (non-hydrogen) atoms. The lowest BCUT2D eigenvalue weighted by Gasteiger charge is -2.14. The van der Waals surface area contributed by atoms with Gasteiger partial charge in [0.15, 0.2) is 11.5 Å². The summed E-state index contributed by atoms with van der Waals surface area (Å²) in [5.41, 5.74) is 3.11. The third-order valence-corrected chi connectivity index (χ3v) is 4.34. The minimum absolute atomic E-state index is 0.141. The Hall–Kier alpha value is -3.43. The van der Waals surface area contributed by atoms with Gasteiger partial charge in [0, 0.05) is 0 Å². The molecule has 0 fully saturated rings. The zero-order chi connectivity index (χ0) is 19.9. The van der Waals surface area contributed by atoms with Crippen molar-refractivity contribution < 1.29 is 14.7 Å². The van der Waals surface area contributed by atoms with E-state index in [4.69, 9.17) is 19.9 Å². The molecule has 0 spiro atoms. The summed E-state index contributed by atoms with van der Waals surface area (Å²) in [6.45, 7) is 1.80. The fourth-order valence-corrected chi connectivity index (χ4v) is 2.74. The maximum absolute atomic E-state index is 8.90. The number of thiol groups is 1. The first-order valence-corrected chi connectivity index (χ1v) is 8.96. The van der Waals surface area contributed by atoms with E-state index in [-0.39, 0.29) is 6.61 Å². The standard InChI is InChI=1S/C22H18N2O3S/c1-15(24-25)14-26-20-3-2-4-21(28)22(20)27-19-11-9-18(10-12-19)17-7-5-16(13-23)6-8-17/h2-12,25,28H,14H2,1H3/b24-15+. The van der Waals surface area contributed by atoms with Gasteiger partial charge in [-0.1, -0.05) is 35.5 Å². The molecule has 0 bridgehead atoms. The molecule has 0 aromatic heterocycles. The Morgan fingerprint density at radius 2 is 1.68 bits per heavy atom. The van der Waals surface area contributed by atoms with Gasteiger partial charge in [0.25, 0.3) is 0 Å². The average Bonchev–Trinajstić information content (AvgIpc) is 2.74. The van der Waals surface area contributed by atoms with Crippen LogP contribution in [0.4, 0.5) is 0 Å². The summed E-state index contributed by atoms with van der Waals surface area (Å²) in [5.74, 6) is 1.63. The van der Waals surface area contributed by atoms with Crippen molar-refractivity contribution in [3.8, 4) is 34.4 Å². The number of hydrogen-bond acceptors (Lipinski definition) is 6. The molecule has 0 atom stereocenters. The average molecular weight is 390 g/mol. The van der Waals surface area contributed by atoms with E-state index in [9.17, 15) is 0 Å². The van der Waals surface area contributed by atoms with Crippen molar-refractivity contribution in [2.45, 2.75) is 11.8 Å². The number of para-hydroxylation sites is 1. The van der Waals surface area contributed by atoms with Crippen LogP contribution >= 0.6 is 12.6 Å². The highest BCUT2D eigenvalue weighted by Gasteiger charge is 2.11. The van der Waals surface area contributed by atoms with Gasteiger partial charge < -0.3 is 14.7 Å². The number of nitriles is 1. The third-order valence-electron chi connectivity index (χ3n) is 3.99. The highest BCUT2D eigenvalue weighted by atomic mass is 32.1. The Morgan fingerprint density at radius 3 is 2.29 bits per heavy atom. The summed E-state index contributed by atoms with van der Waals surface area (Å²) in [6, 6.07) is 22.5. The minimum Gasteiger partial charge on any atom is -0.484 e. The smallest absolute Gasteiger partial charge is 0.182 e. The van der Waals surface area contributed by atoms with Crippen molar-refractivity contribution in [2.75, 3.05) is 6.61 Å². The van der Waals surface area contributed by atoms with Crippen LogP contribution in [0.2, 0.25) is 0 Å². The van der Waals surface area contributed by atoms with Crippen LogP contribution in [-0.4, -0.2) is 17.5 Å². The van der Waals surface area contributed by atoms with Crippen molar-refractivity contribution >= 4 is 18.3 Å². The second-order valence-corrected chi connectivity index (χ2v) is 6.53. The van der Waals surface area contributed by atoms with Gasteiger partial charge in [-0.2, -0.15) is 5.26 Å². The molecule has 0 aliphatic rings. The quantitative estimate of drug-likeness (QED) is 0.251. The van der Waals surface area contributed by atoms with Crippen molar-refractivity contribution in [2.24, 2.45) is 5.16 Å². The number of oxime groups is 1. The van der Waals surface area contributed by atoms with Crippen molar-refractivity contribution in [1.29, 1.82) is 5.26 Å². The van der Waals surface area contributed by atoms with Crippen LogP contribution in [0.3, 0.4) is 0 Å².